The van der Waals surface area contributed by atoms with Gasteiger partial charge in [0.25, 0.3) is 5.91 Å². The third-order valence-corrected chi connectivity index (χ3v) is 4.91. The van der Waals surface area contributed by atoms with Crippen molar-refractivity contribution in [3.05, 3.63) is 106 Å². The van der Waals surface area contributed by atoms with Crippen LogP contribution in [0.2, 0.25) is 0 Å². The first-order chi connectivity index (χ1) is 15.4. The summed E-state index contributed by atoms with van der Waals surface area (Å²) in [7, 11) is 1.30. The summed E-state index contributed by atoms with van der Waals surface area (Å²) in [6, 6.07) is 22.5. The standard InChI is InChI=1S/C27H24N2O3/c1-18-12-19(2)14-22(13-18)15-20-4-6-21(7-5-20)16-24(17-28)26(30)29-25-10-8-23(9-11-25)27(31)32-3/h4-14,16H,15H2,1-3H3,(H,29,30)/b24-16+. The molecule has 1 amide bonds. The molecule has 160 valence electrons. The molecule has 0 saturated heterocycles. The number of methoxy groups -OCH3 is 1. The van der Waals surface area contributed by atoms with Crippen LogP contribution in [-0.4, -0.2) is 19.0 Å². The number of carbonyl (C=O) groups excluding carboxylic acids is 2. The number of carbonyl (C=O) groups is 2. The van der Waals surface area contributed by atoms with Gasteiger partial charge in [-0.25, -0.2) is 4.79 Å². The first kappa shape index (κ1) is 22.5. The quantitative estimate of drug-likeness (QED) is 0.334. The molecule has 3 rings (SSSR count). The number of hydrogen-bond donors (Lipinski definition) is 1. The Morgan fingerprint density at radius 1 is 0.938 bits per heavy atom. The molecular weight excluding hydrogens is 400 g/mol. The van der Waals surface area contributed by atoms with Gasteiger partial charge in [-0.15, -0.1) is 0 Å². The molecule has 0 aliphatic heterocycles. The molecule has 0 spiro atoms. The minimum Gasteiger partial charge on any atom is -0.465 e. The van der Waals surface area contributed by atoms with Crippen LogP contribution < -0.4 is 5.32 Å². The predicted molar refractivity (Wildman–Crippen MR) is 125 cm³/mol. The van der Waals surface area contributed by atoms with E-state index < -0.39 is 11.9 Å². The van der Waals surface area contributed by atoms with E-state index in [2.05, 4.69) is 42.1 Å². The van der Waals surface area contributed by atoms with E-state index in [1.165, 1.54) is 23.8 Å². The lowest BCUT2D eigenvalue weighted by molar-refractivity contribution is -0.112. The van der Waals surface area contributed by atoms with Gasteiger partial charge < -0.3 is 10.1 Å². The zero-order valence-corrected chi connectivity index (χ0v) is 18.3. The van der Waals surface area contributed by atoms with Crippen molar-refractivity contribution in [2.45, 2.75) is 20.3 Å². The van der Waals surface area contributed by atoms with Crippen LogP contribution in [0.15, 0.2) is 72.3 Å². The Morgan fingerprint density at radius 3 is 2.12 bits per heavy atom. The van der Waals surface area contributed by atoms with Gasteiger partial charge in [0.1, 0.15) is 11.6 Å². The summed E-state index contributed by atoms with van der Waals surface area (Å²) in [5.74, 6) is -0.973. The van der Waals surface area contributed by atoms with Crippen molar-refractivity contribution >= 4 is 23.6 Å². The molecule has 0 aliphatic carbocycles. The molecule has 0 bridgehead atoms. The summed E-state index contributed by atoms with van der Waals surface area (Å²) < 4.78 is 4.65. The van der Waals surface area contributed by atoms with Crippen molar-refractivity contribution in [1.82, 2.24) is 0 Å². The molecule has 0 radical (unpaired) electrons. The number of nitrogens with one attached hydrogen (secondary N) is 1. The van der Waals surface area contributed by atoms with E-state index >= 15 is 0 Å². The van der Waals surface area contributed by atoms with Crippen LogP contribution >= 0.6 is 0 Å². The molecule has 0 fully saturated rings. The van der Waals surface area contributed by atoms with E-state index in [4.69, 9.17) is 0 Å². The normalized spacial score (nSPS) is 10.9. The molecule has 0 unspecified atom stereocenters. The van der Waals surface area contributed by atoms with Gasteiger partial charge in [0.15, 0.2) is 0 Å². The second-order valence-corrected chi connectivity index (χ2v) is 7.61. The van der Waals surface area contributed by atoms with Gasteiger partial charge >= 0.3 is 5.97 Å². The second-order valence-electron chi connectivity index (χ2n) is 7.61. The number of rotatable bonds is 6. The van der Waals surface area contributed by atoms with E-state index in [9.17, 15) is 14.9 Å². The Morgan fingerprint density at radius 2 is 1.56 bits per heavy atom. The van der Waals surface area contributed by atoms with E-state index in [-0.39, 0.29) is 5.57 Å². The average Bonchev–Trinajstić information content (AvgIpc) is 2.77. The monoisotopic (exact) mass is 424 g/mol. The van der Waals surface area contributed by atoms with E-state index in [0.29, 0.717) is 11.3 Å². The summed E-state index contributed by atoms with van der Waals surface area (Å²) >= 11 is 0. The third kappa shape index (κ3) is 5.93. The summed E-state index contributed by atoms with van der Waals surface area (Å²) in [5.41, 5.74) is 6.50. The lowest BCUT2D eigenvalue weighted by Crippen LogP contribution is -2.13. The third-order valence-electron chi connectivity index (χ3n) is 4.91. The highest BCUT2D eigenvalue weighted by Crippen LogP contribution is 2.17. The molecule has 32 heavy (non-hydrogen) atoms. The first-order valence-corrected chi connectivity index (χ1v) is 10.2. The smallest absolute Gasteiger partial charge is 0.337 e. The molecule has 0 saturated carbocycles. The highest BCUT2D eigenvalue weighted by molar-refractivity contribution is 6.09. The van der Waals surface area contributed by atoms with E-state index in [0.717, 1.165) is 17.5 Å². The van der Waals surface area contributed by atoms with Crippen LogP contribution in [0.4, 0.5) is 5.69 Å². The lowest BCUT2D eigenvalue weighted by atomic mass is 9.99. The maximum absolute atomic E-state index is 12.5. The first-order valence-electron chi connectivity index (χ1n) is 10.2. The molecule has 0 atom stereocenters. The Labute approximate surface area is 188 Å². The number of amides is 1. The molecule has 3 aromatic rings. The fourth-order valence-corrected chi connectivity index (χ4v) is 3.46. The number of esters is 1. The van der Waals surface area contributed by atoms with Gasteiger partial charge in [0.05, 0.1) is 12.7 Å². The van der Waals surface area contributed by atoms with Crippen molar-refractivity contribution in [2.75, 3.05) is 12.4 Å². The van der Waals surface area contributed by atoms with Gasteiger partial charge in [-0.2, -0.15) is 5.26 Å². The fourth-order valence-electron chi connectivity index (χ4n) is 3.46. The van der Waals surface area contributed by atoms with Crippen LogP contribution in [-0.2, 0) is 16.0 Å². The molecule has 0 aromatic heterocycles. The fraction of sp³-hybridized carbons (Fsp3) is 0.148. The molecule has 0 aliphatic rings. The number of aryl methyl sites for hydroxylation is 2. The van der Waals surface area contributed by atoms with Crippen molar-refractivity contribution < 1.29 is 14.3 Å². The highest BCUT2D eigenvalue weighted by atomic mass is 16.5. The number of hydrogen-bond acceptors (Lipinski definition) is 4. The number of benzene rings is 3. The molecule has 3 aromatic carbocycles. The topological polar surface area (TPSA) is 79.2 Å². The van der Waals surface area contributed by atoms with Crippen LogP contribution in [0.3, 0.4) is 0 Å². The highest BCUT2D eigenvalue weighted by Gasteiger charge is 2.11. The summed E-state index contributed by atoms with van der Waals surface area (Å²) in [6.07, 6.45) is 2.37. The van der Waals surface area contributed by atoms with E-state index in [1.54, 1.807) is 30.3 Å². The van der Waals surface area contributed by atoms with Crippen molar-refractivity contribution in [3.63, 3.8) is 0 Å². The zero-order valence-electron chi connectivity index (χ0n) is 18.3. The van der Waals surface area contributed by atoms with Gasteiger partial charge in [-0.1, -0.05) is 53.6 Å². The SMILES string of the molecule is COC(=O)c1ccc(NC(=O)/C(C#N)=C/c2ccc(Cc3cc(C)cc(C)c3)cc2)cc1. The Balaban J connectivity index is 1.69. The number of nitriles is 1. The summed E-state index contributed by atoms with van der Waals surface area (Å²) in [4.78, 5) is 24.0. The molecule has 1 N–H and O–H groups in total. The second kappa shape index (κ2) is 10.2. The number of nitrogens with zero attached hydrogens (tertiary/aromatic N) is 1. The van der Waals surface area contributed by atoms with Crippen molar-refractivity contribution in [3.8, 4) is 6.07 Å². The largest absolute Gasteiger partial charge is 0.465 e. The summed E-state index contributed by atoms with van der Waals surface area (Å²) in [6.45, 7) is 4.18. The van der Waals surface area contributed by atoms with Crippen molar-refractivity contribution in [1.29, 1.82) is 5.26 Å². The molecule has 0 heterocycles. The predicted octanol–water partition coefficient (Wildman–Crippen LogP) is 5.23. The van der Waals surface area contributed by atoms with Crippen molar-refractivity contribution in [2.24, 2.45) is 0 Å². The van der Waals surface area contributed by atoms with E-state index in [1.807, 2.05) is 30.3 Å². The Kier molecular flexibility index (Phi) is 7.20. The Hall–Kier alpha value is -4.17. The molecule has 5 heteroatoms. The molecular formula is C27H24N2O3. The zero-order chi connectivity index (χ0) is 23.1. The minimum atomic E-state index is -0.516. The number of ether oxygens (including phenoxy) is 1. The molecule has 5 nitrogen and oxygen atoms in total. The lowest BCUT2D eigenvalue weighted by Gasteiger charge is -2.07. The van der Waals surface area contributed by atoms with Gasteiger partial charge in [-0.3, -0.25) is 4.79 Å². The average molecular weight is 425 g/mol. The van der Waals surface area contributed by atoms with Crippen LogP contribution in [0.25, 0.3) is 6.08 Å². The minimum absolute atomic E-state index is 0.0101. The van der Waals surface area contributed by atoms with Crippen LogP contribution in [0.5, 0.6) is 0 Å². The van der Waals surface area contributed by atoms with Crippen LogP contribution in [0, 0.1) is 25.2 Å². The van der Waals surface area contributed by atoms with Gasteiger partial charge in [0.2, 0.25) is 0 Å². The van der Waals surface area contributed by atoms with Gasteiger partial charge in [-0.05, 0) is 67.3 Å². The summed E-state index contributed by atoms with van der Waals surface area (Å²) in [5, 5.41) is 12.1. The number of anilines is 1. The van der Waals surface area contributed by atoms with Crippen LogP contribution in [0.1, 0.15) is 38.2 Å². The Bertz CT molecular complexity index is 1180. The maximum atomic E-state index is 12.5. The maximum Gasteiger partial charge on any atom is 0.337 e. The van der Waals surface area contributed by atoms with Gasteiger partial charge in [0, 0.05) is 5.69 Å².